The standard InChI is InChI=1S/C12H20N2O3S2/c1-4-5-14(6-7-15)19(16,17)12-10(2)9-18-11(12)8-13-3/h4,9,13,15H,1,5-8H2,2-3H3. The number of hydrogen-bond acceptors (Lipinski definition) is 5. The quantitative estimate of drug-likeness (QED) is 0.702. The number of aliphatic hydroxyl groups is 1. The van der Waals surface area contributed by atoms with Crippen molar-refractivity contribution in [3.05, 3.63) is 28.5 Å². The fourth-order valence-corrected chi connectivity index (χ4v) is 4.99. The molecule has 0 atom stereocenters. The third-order valence-corrected chi connectivity index (χ3v) is 5.94. The van der Waals surface area contributed by atoms with Crippen LogP contribution in [0, 0.1) is 6.92 Å². The molecule has 7 heteroatoms. The molecular formula is C12H20N2O3S2. The van der Waals surface area contributed by atoms with Crippen molar-refractivity contribution in [1.82, 2.24) is 9.62 Å². The number of rotatable bonds is 8. The maximum Gasteiger partial charge on any atom is 0.244 e. The summed E-state index contributed by atoms with van der Waals surface area (Å²) in [4.78, 5) is 1.13. The smallest absolute Gasteiger partial charge is 0.244 e. The maximum absolute atomic E-state index is 12.6. The lowest BCUT2D eigenvalue weighted by Gasteiger charge is -2.20. The Morgan fingerprint density at radius 1 is 1.58 bits per heavy atom. The Bertz CT molecular complexity index is 523. The minimum absolute atomic E-state index is 0.0721. The molecule has 0 unspecified atom stereocenters. The van der Waals surface area contributed by atoms with Gasteiger partial charge in [-0.1, -0.05) is 6.08 Å². The van der Waals surface area contributed by atoms with Crippen LogP contribution in [-0.2, 0) is 16.6 Å². The highest BCUT2D eigenvalue weighted by atomic mass is 32.2. The second-order valence-corrected chi connectivity index (χ2v) is 6.92. The van der Waals surface area contributed by atoms with Crippen molar-refractivity contribution >= 4 is 21.4 Å². The van der Waals surface area contributed by atoms with Gasteiger partial charge < -0.3 is 10.4 Å². The molecule has 0 saturated heterocycles. The lowest BCUT2D eigenvalue weighted by Crippen LogP contribution is -2.34. The Morgan fingerprint density at radius 2 is 2.26 bits per heavy atom. The molecule has 0 radical (unpaired) electrons. The van der Waals surface area contributed by atoms with Crippen molar-refractivity contribution in [2.24, 2.45) is 0 Å². The predicted octanol–water partition coefficient (Wildman–Crippen LogP) is 0.945. The summed E-state index contributed by atoms with van der Waals surface area (Å²) in [6.45, 7) is 5.91. The van der Waals surface area contributed by atoms with E-state index < -0.39 is 10.0 Å². The SMILES string of the molecule is C=CCN(CCO)S(=O)(=O)c1c(C)csc1CNC. The summed E-state index contributed by atoms with van der Waals surface area (Å²) in [5.41, 5.74) is 0.738. The van der Waals surface area contributed by atoms with Gasteiger partial charge in [0.2, 0.25) is 10.0 Å². The van der Waals surface area contributed by atoms with Gasteiger partial charge in [-0.2, -0.15) is 4.31 Å². The number of hydrogen-bond donors (Lipinski definition) is 2. The lowest BCUT2D eigenvalue weighted by molar-refractivity contribution is 0.260. The minimum atomic E-state index is -3.59. The predicted molar refractivity (Wildman–Crippen MR) is 77.9 cm³/mol. The van der Waals surface area contributed by atoms with Gasteiger partial charge in [0.25, 0.3) is 0 Å². The molecular weight excluding hydrogens is 284 g/mol. The zero-order valence-corrected chi connectivity index (χ0v) is 12.9. The molecule has 1 aromatic heterocycles. The topological polar surface area (TPSA) is 69.6 Å². The fraction of sp³-hybridized carbons (Fsp3) is 0.500. The summed E-state index contributed by atoms with van der Waals surface area (Å²) in [6, 6.07) is 0. The summed E-state index contributed by atoms with van der Waals surface area (Å²) in [5, 5.41) is 13.8. The Morgan fingerprint density at radius 3 is 2.79 bits per heavy atom. The largest absolute Gasteiger partial charge is 0.395 e. The van der Waals surface area contributed by atoms with E-state index in [1.807, 2.05) is 5.38 Å². The molecule has 0 aliphatic carbocycles. The molecule has 0 saturated carbocycles. The molecule has 0 aromatic carbocycles. The molecule has 1 rings (SSSR count). The van der Waals surface area contributed by atoms with E-state index in [-0.39, 0.29) is 19.7 Å². The molecule has 108 valence electrons. The van der Waals surface area contributed by atoms with Crippen LogP contribution in [0.15, 0.2) is 22.9 Å². The summed E-state index contributed by atoms with van der Waals surface area (Å²) < 4.78 is 26.5. The second-order valence-electron chi connectivity index (χ2n) is 4.08. The van der Waals surface area contributed by atoms with E-state index in [1.165, 1.54) is 21.7 Å². The molecule has 0 aliphatic rings. The molecule has 2 N–H and O–H groups in total. The molecule has 1 heterocycles. The van der Waals surface area contributed by atoms with Crippen molar-refractivity contribution in [3.63, 3.8) is 0 Å². The van der Waals surface area contributed by atoms with Crippen LogP contribution in [-0.4, -0.2) is 44.6 Å². The first-order valence-electron chi connectivity index (χ1n) is 5.92. The van der Waals surface area contributed by atoms with Crippen LogP contribution in [0.2, 0.25) is 0 Å². The number of aliphatic hydroxyl groups excluding tert-OH is 1. The van der Waals surface area contributed by atoms with Crippen LogP contribution < -0.4 is 5.32 Å². The minimum Gasteiger partial charge on any atom is -0.395 e. The van der Waals surface area contributed by atoms with Gasteiger partial charge in [0.15, 0.2) is 0 Å². The van der Waals surface area contributed by atoms with Crippen LogP contribution in [0.3, 0.4) is 0 Å². The van der Waals surface area contributed by atoms with Gasteiger partial charge in [-0.15, -0.1) is 17.9 Å². The highest BCUT2D eigenvalue weighted by molar-refractivity contribution is 7.89. The first-order chi connectivity index (χ1) is 8.98. The van der Waals surface area contributed by atoms with Crippen LogP contribution in [0.4, 0.5) is 0 Å². The van der Waals surface area contributed by atoms with Crippen molar-refractivity contribution in [1.29, 1.82) is 0 Å². The van der Waals surface area contributed by atoms with Crippen molar-refractivity contribution in [2.45, 2.75) is 18.4 Å². The molecule has 0 amide bonds. The van der Waals surface area contributed by atoms with E-state index in [9.17, 15) is 8.42 Å². The van der Waals surface area contributed by atoms with Crippen molar-refractivity contribution < 1.29 is 13.5 Å². The number of thiophene rings is 1. The van der Waals surface area contributed by atoms with Crippen LogP contribution >= 0.6 is 11.3 Å². The molecule has 0 spiro atoms. The van der Waals surface area contributed by atoms with E-state index in [4.69, 9.17) is 5.11 Å². The Labute approximate surface area is 118 Å². The third-order valence-electron chi connectivity index (χ3n) is 2.61. The van der Waals surface area contributed by atoms with Gasteiger partial charge in [-0.05, 0) is 24.9 Å². The van der Waals surface area contributed by atoms with Gasteiger partial charge in [0, 0.05) is 24.5 Å². The average Bonchev–Trinajstić information content (AvgIpc) is 2.71. The second kappa shape index (κ2) is 7.16. The zero-order chi connectivity index (χ0) is 14.5. The Balaban J connectivity index is 3.23. The van der Waals surface area contributed by atoms with Crippen LogP contribution in [0.25, 0.3) is 0 Å². The van der Waals surface area contributed by atoms with E-state index in [0.717, 1.165) is 10.4 Å². The van der Waals surface area contributed by atoms with Crippen LogP contribution in [0.5, 0.6) is 0 Å². The average molecular weight is 304 g/mol. The van der Waals surface area contributed by atoms with E-state index in [2.05, 4.69) is 11.9 Å². The van der Waals surface area contributed by atoms with Gasteiger partial charge >= 0.3 is 0 Å². The molecule has 0 bridgehead atoms. The molecule has 1 aromatic rings. The zero-order valence-electron chi connectivity index (χ0n) is 11.2. The normalized spacial score (nSPS) is 12.0. The van der Waals surface area contributed by atoms with Crippen LogP contribution in [0.1, 0.15) is 10.4 Å². The maximum atomic E-state index is 12.6. The van der Waals surface area contributed by atoms with Crippen molar-refractivity contribution in [3.8, 4) is 0 Å². The molecule has 19 heavy (non-hydrogen) atoms. The van der Waals surface area contributed by atoms with Gasteiger partial charge in [-0.25, -0.2) is 8.42 Å². The number of nitrogens with zero attached hydrogens (tertiary/aromatic N) is 1. The lowest BCUT2D eigenvalue weighted by atomic mass is 10.3. The fourth-order valence-electron chi connectivity index (χ4n) is 1.81. The first-order valence-corrected chi connectivity index (χ1v) is 8.24. The molecule has 5 nitrogen and oxygen atoms in total. The van der Waals surface area contributed by atoms with Crippen molar-refractivity contribution in [2.75, 3.05) is 26.7 Å². The monoisotopic (exact) mass is 304 g/mol. The molecule has 0 fully saturated rings. The molecule has 0 aliphatic heterocycles. The Hall–Kier alpha value is -0.730. The third kappa shape index (κ3) is 3.64. The van der Waals surface area contributed by atoms with Gasteiger partial charge in [0.1, 0.15) is 4.90 Å². The highest BCUT2D eigenvalue weighted by Gasteiger charge is 2.28. The number of sulfonamides is 1. The van der Waals surface area contributed by atoms with E-state index in [0.29, 0.717) is 11.4 Å². The number of aryl methyl sites for hydroxylation is 1. The van der Waals surface area contributed by atoms with Gasteiger partial charge in [-0.3, -0.25) is 0 Å². The summed E-state index contributed by atoms with van der Waals surface area (Å²) in [5.74, 6) is 0. The first kappa shape index (κ1) is 16.3. The van der Waals surface area contributed by atoms with E-state index in [1.54, 1.807) is 14.0 Å². The highest BCUT2D eigenvalue weighted by Crippen LogP contribution is 2.29. The Kier molecular flexibility index (Phi) is 6.15. The van der Waals surface area contributed by atoms with Gasteiger partial charge in [0.05, 0.1) is 6.61 Å². The van der Waals surface area contributed by atoms with E-state index >= 15 is 0 Å². The summed E-state index contributed by atoms with van der Waals surface area (Å²) in [6.07, 6.45) is 1.52. The summed E-state index contributed by atoms with van der Waals surface area (Å²) in [7, 11) is -1.81. The number of nitrogens with one attached hydrogen (secondary N) is 1. The summed E-state index contributed by atoms with van der Waals surface area (Å²) >= 11 is 1.42.